The zero-order valence-corrected chi connectivity index (χ0v) is 11.4. The lowest BCUT2D eigenvalue weighted by atomic mass is 10.2. The topological polar surface area (TPSA) is 63.4 Å². The quantitative estimate of drug-likeness (QED) is 0.807. The molecule has 0 unspecified atom stereocenters. The van der Waals surface area contributed by atoms with Crippen molar-refractivity contribution in [3.63, 3.8) is 0 Å². The van der Waals surface area contributed by atoms with Crippen molar-refractivity contribution in [3.05, 3.63) is 42.2 Å². The maximum absolute atomic E-state index is 13.8. The molecule has 1 aliphatic rings. The summed E-state index contributed by atoms with van der Waals surface area (Å²) >= 11 is 0. The Morgan fingerprint density at radius 1 is 1.47 bits per heavy atom. The molecular formula is C13H17FN2O2S. The Labute approximate surface area is 112 Å². The van der Waals surface area contributed by atoms with Crippen molar-refractivity contribution < 1.29 is 12.8 Å². The first-order chi connectivity index (χ1) is 9.00. The maximum Gasteiger partial charge on any atom is 0.246 e. The molecule has 0 heterocycles. The zero-order valence-electron chi connectivity index (χ0n) is 10.5. The molecule has 0 radical (unpaired) electrons. The predicted molar refractivity (Wildman–Crippen MR) is 71.4 cm³/mol. The van der Waals surface area contributed by atoms with Gasteiger partial charge >= 0.3 is 0 Å². The van der Waals surface area contributed by atoms with E-state index in [2.05, 4.69) is 6.58 Å². The third-order valence-corrected chi connectivity index (χ3v) is 5.01. The standard InChI is InChI=1S/C13H17FN2O2S/c1-2-7-16(11-4-5-11)19(17,18)13-8-10(9-15)3-6-12(13)14/h2-3,6,8,11H,1,4-5,7,9,15H2. The van der Waals surface area contributed by atoms with Crippen LogP contribution in [-0.4, -0.2) is 25.3 Å². The summed E-state index contributed by atoms with van der Waals surface area (Å²) in [5.41, 5.74) is 6.06. The highest BCUT2D eigenvalue weighted by molar-refractivity contribution is 7.89. The van der Waals surface area contributed by atoms with E-state index in [1.807, 2.05) is 0 Å². The van der Waals surface area contributed by atoms with Crippen LogP contribution in [-0.2, 0) is 16.6 Å². The van der Waals surface area contributed by atoms with E-state index in [0.717, 1.165) is 18.9 Å². The summed E-state index contributed by atoms with van der Waals surface area (Å²) in [5.74, 6) is -0.744. The van der Waals surface area contributed by atoms with Crippen LogP contribution in [0.5, 0.6) is 0 Å². The third-order valence-electron chi connectivity index (χ3n) is 3.08. The first kappa shape index (κ1) is 14.2. The summed E-state index contributed by atoms with van der Waals surface area (Å²) in [6, 6.07) is 3.91. The number of nitrogens with zero attached hydrogens (tertiary/aromatic N) is 1. The lowest BCUT2D eigenvalue weighted by Crippen LogP contribution is -2.33. The number of benzene rings is 1. The molecule has 1 fully saturated rings. The van der Waals surface area contributed by atoms with Crippen molar-refractivity contribution in [3.8, 4) is 0 Å². The summed E-state index contributed by atoms with van der Waals surface area (Å²) in [6.07, 6.45) is 3.14. The monoisotopic (exact) mass is 284 g/mol. The second-order valence-electron chi connectivity index (χ2n) is 4.56. The summed E-state index contributed by atoms with van der Waals surface area (Å²) < 4.78 is 40.1. The zero-order chi connectivity index (χ0) is 14.0. The molecule has 1 saturated carbocycles. The van der Waals surface area contributed by atoms with Gasteiger partial charge in [0.25, 0.3) is 0 Å². The van der Waals surface area contributed by atoms with Gasteiger partial charge in [0.1, 0.15) is 10.7 Å². The van der Waals surface area contributed by atoms with Crippen molar-refractivity contribution in [1.29, 1.82) is 0 Å². The van der Waals surface area contributed by atoms with Gasteiger partial charge in [-0.15, -0.1) is 6.58 Å². The Morgan fingerprint density at radius 3 is 2.68 bits per heavy atom. The number of nitrogens with two attached hydrogens (primary N) is 1. The number of hydrogen-bond acceptors (Lipinski definition) is 3. The second kappa shape index (κ2) is 5.40. The summed E-state index contributed by atoms with van der Waals surface area (Å²) in [7, 11) is -3.83. The first-order valence-electron chi connectivity index (χ1n) is 6.12. The van der Waals surface area contributed by atoms with Gasteiger partial charge < -0.3 is 5.73 Å². The van der Waals surface area contributed by atoms with Crippen LogP contribution in [0.4, 0.5) is 4.39 Å². The van der Waals surface area contributed by atoms with Crippen LogP contribution in [0.1, 0.15) is 18.4 Å². The molecule has 6 heteroatoms. The Hall–Kier alpha value is -1.24. The average molecular weight is 284 g/mol. The number of halogens is 1. The van der Waals surface area contributed by atoms with Gasteiger partial charge in [0.15, 0.2) is 0 Å². The van der Waals surface area contributed by atoms with Crippen LogP contribution in [0.2, 0.25) is 0 Å². The Balaban J connectivity index is 2.45. The molecule has 0 aromatic heterocycles. The molecule has 4 nitrogen and oxygen atoms in total. The smallest absolute Gasteiger partial charge is 0.246 e. The summed E-state index contributed by atoms with van der Waals surface area (Å²) in [6.45, 7) is 3.92. The van der Waals surface area contributed by atoms with Crippen LogP contribution < -0.4 is 5.73 Å². The van der Waals surface area contributed by atoms with Crippen LogP contribution in [0, 0.1) is 5.82 Å². The number of rotatable bonds is 6. The number of sulfonamides is 1. The molecular weight excluding hydrogens is 267 g/mol. The molecule has 1 aromatic rings. The van der Waals surface area contributed by atoms with Crippen molar-refractivity contribution in [2.24, 2.45) is 5.73 Å². The largest absolute Gasteiger partial charge is 0.326 e. The van der Waals surface area contributed by atoms with Crippen LogP contribution in [0.25, 0.3) is 0 Å². The molecule has 2 N–H and O–H groups in total. The molecule has 0 atom stereocenters. The van der Waals surface area contributed by atoms with Gasteiger partial charge in [-0.2, -0.15) is 4.31 Å². The van der Waals surface area contributed by atoms with E-state index in [1.54, 1.807) is 0 Å². The highest BCUT2D eigenvalue weighted by Crippen LogP contribution is 2.32. The summed E-state index contributed by atoms with van der Waals surface area (Å²) in [4.78, 5) is -0.302. The third kappa shape index (κ3) is 2.86. The van der Waals surface area contributed by atoms with Gasteiger partial charge in [0.05, 0.1) is 0 Å². The van der Waals surface area contributed by atoms with Crippen LogP contribution >= 0.6 is 0 Å². The molecule has 0 spiro atoms. The van der Waals surface area contributed by atoms with E-state index in [1.165, 1.54) is 22.5 Å². The molecule has 0 aliphatic heterocycles. The molecule has 0 saturated heterocycles. The van der Waals surface area contributed by atoms with E-state index in [-0.39, 0.29) is 24.0 Å². The van der Waals surface area contributed by atoms with E-state index in [0.29, 0.717) is 5.56 Å². The predicted octanol–water partition coefficient (Wildman–Crippen LogP) is 1.62. The van der Waals surface area contributed by atoms with Gasteiger partial charge in [0.2, 0.25) is 10.0 Å². The minimum atomic E-state index is -3.83. The Kier molecular flexibility index (Phi) is 4.03. The van der Waals surface area contributed by atoms with Crippen molar-refractivity contribution >= 4 is 10.0 Å². The molecule has 19 heavy (non-hydrogen) atoms. The lowest BCUT2D eigenvalue weighted by Gasteiger charge is -2.20. The van der Waals surface area contributed by atoms with Crippen molar-refractivity contribution in [1.82, 2.24) is 4.31 Å². The minimum absolute atomic E-state index is 0.0380. The normalized spacial score (nSPS) is 15.7. The van der Waals surface area contributed by atoms with Crippen LogP contribution in [0.3, 0.4) is 0 Å². The molecule has 0 amide bonds. The van der Waals surface area contributed by atoms with Gasteiger partial charge in [-0.05, 0) is 30.5 Å². The Bertz CT molecular complexity index is 582. The van der Waals surface area contributed by atoms with E-state index < -0.39 is 15.8 Å². The van der Waals surface area contributed by atoms with Gasteiger partial charge in [0, 0.05) is 19.1 Å². The molecule has 2 rings (SSSR count). The maximum atomic E-state index is 13.8. The first-order valence-corrected chi connectivity index (χ1v) is 7.56. The van der Waals surface area contributed by atoms with E-state index in [4.69, 9.17) is 5.73 Å². The highest BCUT2D eigenvalue weighted by atomic mass is 32.2. The van der Waals surface area contributed by atoms with Gasteiger partial charge in [-0.3, -0.25) is 0 Å². The minimum Gasteiger partial charge on any atom is -0.326 e. The summed E-state index contributed by atoms with van der Waals surface area (Å²) in [5, 5.41) is 0. The second-order valence-corrected chi connectivity index (χ2v) is 6.42. The molecule has 1 aliphatic carbocycles. The average Bonchev–Trinajstić information content (AvgIpc) is 3.20. The fraction of sp³-hybridized carbons (Fsp3) is 0.385. The molecule has 1 aromatic carbocycles. The van der Waals surface area contributed by atoms with E-state index >= 15 is 0 Å². The van der Waals surface area contributed by atoms with Gasteiger partial charge in [-0.1, -0.05) is 12.1 Å². The molecule has 0 bridgehead atoms. The van der Waals surface area contributed by atoms with Gasteiger partial charge in [-0.25, -0.2) is 12.8 Å². The fourth-order valence-corrected chi connectivity index (χ4v) is 3.70. The molecule has 104 valence electrons. The van der Waals surface area contributed by atoms with Crippen LogP contribution in [0.15, 0.2) is 35.7 Å². The fourth-order valence-electron chi connectivity index (χ4n) is 1.93. The van der Waals surface area contributed by atoms with E-state index in [9.17, 15) is 12.8 Å². The highest BCUT2D eigenvalue weighted by Gasteiger charge is 2.38. The van der Waals surface area contributed by atoms with Crippen molar-refractivity contribution in [2.45, 2.75) is 30.3 Å². The number of hydrogen-bond donors (Lipinski definition) is 1. The SMILES string of the molecule is C=CCN(C1CC1)S(=O)(=O)c1cc(CN)ccc1F. The lowest BCUT2D eigenvalue weighted by molar-refractivity contribution is 0.431. The van der Waals surface area contributed by atoms with Crippen molar-refractivity contribution in [2.75, 3.05) is 6.54 Å². The Morgan fingerprint density at radius 2 is 2.16 bits per heavy atom.